The summed E-state index contributed by atoms with van der Waals surface area (Å²) in [6.45, 7) is 4.72. The lowest BCUT2D eigenvalue weighted by Crippen LogP contribution is -2.28. The average Bonchev–Trinajstić information content (AvgIpc) is 2.84. The molecule has 0 aliphatic heterocycles. The molecule has 0 saturated heterocycles. The highest BCUT2D eigenvalue weighted by Gasteiger charge is 2.16. The van der Waals surface area contributed by atoms with Gasteiger partial charge in [-0.25, -0.2) is 0 Å². The molecule has 0 fully saturated rings. The zero-order chi connectivity index (χ0) is 15.2. The van der Waals surface area contributed by atoms with Crippen LogP contribution in [0.1, 0.15) is 21.6 Å². The molecule has 1 aromatic heterocycles. The number of nitrogens with zero attached hydrogens (tertiary/aromatic N) is 1. The molecular formula is C15H19N3O2S. The highest BCUT2D eigenvalue weighted by atomic mass is 32.1. The lowest BCUT2D eigenvalue weighted by molar-refractivity contribution is 0.0947. The van der Waals surface area contributed by atoms with Gasteiger partial charge in [0.25, 0.3) is 5.91 Å². The molecule has 2 aromatic rings. The van der Waals surface area contributed by atoms with Crippen molar-refractivity contribution < 1.29 is 9.53 Å². The van der Waals surface area contributed by atoms with Gasteiger partial charge in [-0.15, -0.1) is 0 Å². The van der Waals surface area contributed by atoms with Crippen LogP contribution < -0.4 is 15.4 Å². The van der Waals surface area contributed by atoms with Gasteiger partial charge in [-0.1, -0.05) is 12.1 Å². The predicted molar refractivity (Wildman–Crippen MR) is 85.4 cm³/mol. The number of anilines is 1. The van der Waals surface area contributed by atoms with Gasteiger partial charge in [-0.3, -0.25) is 4.79 Å². The minimum atomic E-state index is -0.126. The van der Waals surface area contributed by atoms with Gasteiger partial charge in [0.15, 0.2) is 0 Å². The molecule has 0 radical (unpaired) electrons. The third-order valence-corrected chi connectivity index (χ3v) is 3.92. The molecule has 0 bridgehead atoms. The van der Waals surface area contributed by atoms with Crippen LogP contribution in [-0.2, 0) is 0 Å². The zero-order valence-corrected chi connectivity index (χ0v) is 13.2. The number of hydrogen-bond donors (Lipinski definition) is 2. The van der Waals surface area contributed by atoms with Crippen LogP contribution in [-0.4, -0.2) is 30.5 Å². The molecule has 0 unspecified atom stereocenters. The predicted octanol–water partition coefficient (Wildman–Crippen LogP) is 2.61. The number of amides is 1. The smallest absolute Gasteiger partial charge is 0.256 e. The number of aryl methyl sites for hydroxylation is 2. The molecular weight excluding hydrogens is 286 g/mol. The number of carbonyl (C=O) groups is 1. The lowest BCUT2D eigenvalue weighted by Gasteiger charge is -2.09. The van der Waals surface area contributed by atoms with Crippen molar-refractivity contribution in [3.8, 4) is 5.75 Å². The van der Waals surface area contributed by atoms with Crippen molar-refractivity contribution in [1.82, 2.24) is 9.69 Å². The maximum absolute atomic E-state index is 12.1. The molecule has 21 heavy (non-hydrogen) atoms. The van der Waals surface area contributed by atoms with Crippen molar-refractivity contribution in [2.24, 2.45) is 0 Å². The topological polar surface area (TPSA) is 63.2 Å². The first-order chi connectivity index (χ1) is 10.1. The molecule has 0 spiro atoms. The van der Waals surface area contributed by atoms with E-state index >= 15 is 0 Å². The van der Waals surface area contributed by atoms with E-state index in [0.717, 1.165) is 22.0 Å². The van der Waals surface area contributed by atoms with Crippen LogP contribution >= 0.6 is 11.5 Å². The molecule has 6 heteroatoms. The SMILES string of the molecule is CNc1snc(C)c1C(=O)NCCOc1cccc(C)c1. The monoisotopic (exact) mass is 305 g/mol. The first kappa shape index (κ1) is 15.3. The van der Waals surface area contributed by atoms with E-state index < -0.39 is 0 Å². The highest BCUT2D eigenvalue weighted by Crippen LogP contribution is 2.23. The molecule has 112 valence electrons. The normalized spacial score (nSPS) is 10.2. The number of nitrogens with one attached hydrogen (secondary N) is 2. The standard InChI is InChI=1S/C15H19N3O2S/c1-10-5-4-6-12(9-10)20-8-7-17-14(19)13-11(2)18-21-15(13)16-3/h4-6,9,16H,7-8H2,1-3H3,(H,17,19). The van der Waals surface area contributed by atoms with Gasteiger partial charge in [0.2, 0.25) is 0 Å². The van der Waals surface area contributed by atoms with Gasteiger partial charge in [-0.05, 0) is 43.1 Å². The molecule has 5 nitrogen and oxygen atoms in total. The van der Waals surface area contributed by atoms with Crippen molar-refractivity contribution in [2.75, 3.05) is 25.5 Å². The van der Waals surface area contributed by atoms with Gasteiger partial charge in [0, 0.05) is 7.05 Å². The quantitative estimate of drug-likeness (QED) is 0.805. The fourth-order valence-electron chi connectivity index (χ4n) is 1.93. The molecule has 1 amide bonds. The van der Waals surface area contributed by atoms with Gasteiger partial charge >= 0.3 is 0 Å². The van der Waals surface area contributed by atoms with E-state index in [0.29, 0.717) is 18.7 Å². The zero-order valence-electron chi connectivity index (χ0n) is 12.4. The van der Waals surface area contributed by atoms with E-state index in [9.17, 15) is 4.79 Å². The number of hydrogen-bond acceptors (Lipinski definition) is 5. The van der Waals surface area contributed by atoms with Crippen LogP contribution in [0.3, 0.4) is 0 Å². The summed E-state index contributed by atoms with van der Waals surface area (Å²) < 4.78 is 9.78. The number of benzene rings is 1. The summed E-state index contributed by atoms with van der Waals surface area (Å²) in [6.07, 6.45) is 0. The Kier molecular flexibility index (Phi) is 5.16. The first-order valence-electron chi connectivity index (χ1n) is 6.73. The molecule has 0 saturated carbocycles. The van der Waals surface area contributed by atoms with Crippen LogP contribution in [0.5, 0.6) is 5.75 Å². The molecule has 0 aliphatic rings. The van der Waals surface area contributed by atoms with Crippen molar-refractivity contribution in [3.63, 3.8) is 0 Å². The summed E-state index contributed by atoms with van der Waals surface area (Å²) >= 11 is 1.29. The Morgan fingerprint density at radius 1 is 1.38 bits per heavy atom. The van der Waals surface area contributed by atoms with Crippen molar-refractivity contribution >= 4 is 22.4 Å². The molecule has 0 aliphatic carbocycles. The molecule has 0 atom stereocenters. The van der Waals surface area contributed by atoms with Crippen LogP contribution in [0.2, 0.25) is 0 Å². The van der Waals surface area contributed by atoms with Crippen LogP contribution in [0, 0.1) is 13.8 Å². The van der Waals surface area contributed by atoms with E-state index in [1.165, 1.54) is 11.5 Å². The average molecular weight is 305 g/mol. The van der Waals surface area contributed by atoms with Gasteiger partial charge in [0.1, 0.15) is 17.4 Å². The Morgan fingerprint density at radius 3 is 2.90 bits per heavy atom. The second kappa shape index (κ2) is 7.08. The van der Waals surface area contributed by atoms with Crippen LogP contribution in [0.4, 0.5) is 5.00 Å². The van der Waals surface area contributed by atoms with Crippen LogP contribution in [0.25, 0.3) is 0 Å². The van der Waals surface area contributed by atoms with E-state index in [1.54, 1.807) is 7.05 Å². The number of carbonyl (C=O) groups excluding carboxylic acids is 1. The summed E-state index contributed by atoms with van der Waals surface area (Å²) in [7, 11) is 1.78. The number of ether oxygens (including phenoxy) is 1. The van der Waals surface area contributed by atoms with Crippen molar-refractivity contribution in [2.45, 2.75) is 13.8 Å². The number of aromatic nitrogens is 1. The van der Waals surface area contributed by atoms with E-state index in [2.05, 4.69) is 15.0 Å². The third-order valence-electron chi connectivity index (χ3n) is 2.96. The fourth-order valence-corrected chi connectivity index (χ4v) is 2.68. The van der Waals surface area contributed by atoms with E-state index in [-0.39, 0.29) is 5.91 Å². The minimum absolute atomic E-state index is 0.126. The van der Waals surface area contributed by atoms with Gasteiger partial charge < -0.3 is 15.4 Å². The maximum Gasteiger partial charge on any atom is 0.256 e. The molecule has 2 N–H and O–H groups in total. The summed E-state index contributed by atoms with van der Waals surface area (Å²) in [5, 5.41) is 6.61. The van der Waals surface area contributed by atoms with Gasteiger partial charge in [-0.2, -0.15) is 4.37 Å². The Bertz CT molecular complexity index is 625. The van der Waals surface area contributed by atoms with Crippen LogP contribution in [0.15, 0.2) is 24.3 Å². The van der Waals surface area contributed by atoms with Crippen molar-refractivity contribution in [1.29, 1.82) is 0 Å². The summed E-state index contributed by atoms with van der Waals surface area (Å²) in [5.41, 5.74) is 2.50. The van der Waals surface area contributed by atoms with Crippen molar-refractivity contribution in [3.05, 3.63) is 41.1 Å². The van der Waals surface area contributed by atoms with Gasteiger partial charge in [0.05, 0.1) is 17.8 Å². The second-order valence-electron chi connectivity index (χ2n) is 4.64. The van der Waals surface area contributed by atoms with E-state index in [1.807, 2.05) is 38.1 Å². The molecule has 1 heterocycles. The molecule has 2 rings (SSSR count). The summed E-state index contributed by atoms with van der Waals surface area (Å²) in [6, 6.07) is 7.83. The number of rotatable bonds is 6. The summed E-state index contributed by atoms with van der Waals surface area (Å²) in [5.74, 6) is 0.687. The Morgan fingerprint density at radius 2 is 2.19 bits per heavy atom. The Labute approximate surface area is 128 Å². The first-order valence-corrected chi connectivity index (χ1v) is 7.51. The van der Waals surface area contributed by atoms with E-state index in [4.69, 9.17) is 4.74 Å². The lowest BCUT2D eigenvalue weighted by atomic mass is 10.2. The maximum atomic E-state index is 12.1. The second-order valence-corrected chi connectivity index (χ2v) is 5.42. The Hall–Kier alpha value is -2.08. The highest BCUT2D eigenvalue weighted by molar-refractivity contribution is 7.10. The molecule has 1 aromatic carbocycles. The Balaban J connectivity index is 1.83. The minimum Gasteiger partial charge on any atom is -0.492 e. The summed E-state index contributed by atoms with van der Waals surface area (Å²) in [4.78, 5) is 12.1. The fraction of sp³-hybridized carbons (Fsp3) is 0.333. The largest absolute Gasteiger partial charge is 0.492 e. The third kappa shape index (κ3) is 3.95.